The molecule has 1 heterocycles. The van der Waals surface area contributed by atoms with Gasteiger partial charge in [0, 0.05) is 12.6 Å². The second-order valence-electron chi connectivity index (χ2n) is 4.22. The van der Waals surface area contributed by atoms with E-state index in [9.17, 15) is 9.59 Å². The molecule has 7 heteroatoms. The Bertz CT molecular complexity index is 386. The molecule has 17 heavy (non-hydrogen) atoms. The molecule has 0 fully saturated rings. The van der Waals surface area contributed by atoms with Crippen molar-refractivity contribution in [3.8, 4) is 0 Å². The van der Waals surface area contributed by atoms with E-state index in [-0.39, 0.29) is 13.1 Å². The normalized spacial score (nSPS) is 10.9. The number of carboxylic acids is 1. The third kappa shape index (κ3) is 4.13. The van der Waals surface area contributed by atoms with Gasteiger partial charge in [-0.25, -0.2) is 4.79 Å². The Hall–Kier alpha value is -2.05. The molecule has 0 aromatic carbocycles. The van der Waals surface area contributed by atoms with Gasteiger partial charge in [0.25, 0.3) is 0 Å². The number of hydrogen-bond donors (Lipinski definition) is 3. The first-order chi connectivity index (χ1) is 7.92. The van der Waals surface area contributed by atoms with Crippen molar-refractivity contribution < 1.29 is 19.2 Å². The maximum atomic E-state index is 11.3. The van der Waals surface area contributed by atoms with Gasteiger partial charge in [-0.3, -0.25) is 4.79 Å². The number of amides is 2. The highest BCUT2D eigenvalue weighted by atomic mass is 16.5. The highest BCUT2D eigenvalue weighted by molar-refractivity contribution is 5.77. The first kappa shape index (κ1) is 13.0. The average Bonchev–Trinajstić information content (AvgIpc) is 2.76. The quantitative estimate of drug-likeness (QED) is 0.699. The molecule has 2 amide bonds. The van der Waals surface area contributed by atoms with Gasteiger partial charge in [-0.05, 0) is 13.8 Å². The van der Waals surface area contributed by atoms with E-state index in [4.69, 9.17) is 5.11 Å². The number of aliphatic carboxylic acids is 1. The Morgan fingerprint density at radius 1 is 1.47 bits per heavy atom. The molecule has 0 unspecified atom stereocenters. The molecule has 0 radical (unpaired) electrons. The molecule has 1 rings (SSSR count). The molecule has 1 aromatic rings. The summed E-state index contributed by atoms with van der Waals surface area (Å²) in [7, 11) is 0. The molecule has 94 valence electrons. The number of nitrogens with one attached hydrogen (secondary N) is 2. The molecular weight excluding hydrogens is 226 g/mol. The molecule has 1 aromatic heterocycles. The van der Waals surface area contributed by atoms with Crippen LogP contribution in [0.25, 0.3) is 0 Å². The van der Waals surface area contributed by atoms with E-state index in [1.54, 1.807) is 6.07 Å². The predicted molar refractivity (Wildman–Crippen MR) is 58.2 cm³/mol. The number of rotatable bonds is 5. The van der Waals surface area contributed by atoms with Gasteiger partial charge in [-0.1, -0.05) is 5.16 Å². The summed E-state index contributed by atoms with van der Waals surface area (Å²) < 4.78 is 4.59. The van der Waals surface area contributed by atoms with Crippen molar-refractivity contribution in [3.05, 3.63) is 18.0 Å². The van der Waals surface area contributed by atoms with Gasteiger partial charge in [-0.15, -0.1) is 0 Å². The van der Waals surface area contributed by atoms with Gasteiger partial charge >= 0.3 is 12.0 Å². The third-order valence-electron chi connectivity index (χ3n) is 2.19. The summed E-state index contributed by atoms with van der Waals surface area (Å²) in [5, 5.41) is 17.5. The number of nitrogens with zero attached hydrogens (tertiary/aromatic N) is 1. The van der Waals surface area contributed by atoms with Gasteiger partial charge < -0.3 is 20.3 Å². The maximum absolute atomic E-state index is 11.3. The second kappa shape index (κ2) is 5.33. The lowest BCUT2D eigenvalue weighted by Gasteiger charge is -2.19. The summed E-state index contributed by atoms with van der Waals surface area (Å²) in [5.74, 6) is -0.964. The Morgan fingerprint density at radius 3 is 2.71 bits per heavy atom. The number of urea groups is 1. The van der Waals surface area contributed by atoms with E-state index in [0.29, 0.717) is 5.69 Å². The van der Waals surface area contributed by atoms with Crippen LogP contribution in [0.4, 0.5) is 4.79 Å². The number of carbonyl (C=O) groups is 2. The van der Waals surface area contributed by atoms with Crippen LogP contribution in [0.15, 0.2) is 16.9 Å². The molecular formula is C10H15N3O4. The molecule has 0 saturated carbocycles. The van der Waals surface area contributed by atoms with E-state index in [1.807, 2.05) is 0 Å². The molecule has 3 N–H and O–H groups in total. The molecule has 0 aliphatic carbocycles. The molecule has 0 bridgehead atoms. The van der Waals surface area contributed by atoms with Gasteiger partial charge in [-0.2, -0.15) is 0 Å². The minimum absolute atomic E-state index is 0.0486. The van der Waals surface area contributed by atoms with Crippen LogP contribution >= 0.6 is 0 Å². The van der Waals surface area contributed by atoms with Crippen LogP contribution in [0.5, 0.6) is 0 Å². The first-order valence-electron chi connectivity index (χ1n) is 5.06. The fourth-order valence-corrected chi connectivity index (χ4v) is 0.939. The SMILES string of the molecule is CC(C)(CNC(=O)NCc1ccon1)C(=O)O. The van der Waals surface area contributed by atoms with Crippen molar-refractivity contribution in [2.24, 2.45) is 5.41 Å². The van der Waals surface area contributed by atoms with E-state index >= 15 is 0 Å². The Labute approximate surface area is 98.2 Å². The molecule has 0 spiro atoms. The Kier molecular flexibility index (Phi) is 4.08. The van der Waals surface area contributed by atoms with Crippen molar-refractivity contribution in [1.82, 2.24) is 15.8 Å². The van der Waals surface area contributed by atoms with Gasteiger partial charge in [0.2, 0.25) is 0 Å². The summed E-state index contributed by atoms with van der Waals surface area (Å²) in [6.07, 6.45) is 1.41. The van der Waals surface area contributed by atoms with Crippen molar-refractivity contribution in [3.63, 3.8) is 0 Å². The van der Waals surface area contributed by atoms with Crippen LogP contribution in [0.1, 0.15) is 19.5 Å². The average molecular weight is 241 g/mol. The maximum Gasteiger partial charge on any atom is 0.315 e. The largest absolute Gasteiger partial charge is 0.481 e. The lowest BCUT2D eigenvalue weighted by Crippen LogP contribution is -2.43. The molecule has 0 aliphatic heterocycles. The van der Waals surface area contributed by atoms with Crippen LogP contribution in [0.2, 0.25) is 0 Å². The van der Waals surface area contributed by atoms with Crippen LogP contribution in [0, 0.1) is 5.41 Å². The van der Waals surface area contributed by atoms with Crippen molar-refractivity contribution in [2.45, 2.75) is 20.4 Å². The minimum atomic E-state index is -0.995. The predicted octanol–water partition coefficient (Wildman–Crippen LogP) is 0.585. The van der Waals surface area contributed by atoms with Crippen molar-refractivity contribution in [2.75, 3.05) is 6.54 Å². The number of aromatic nitrogens is 1. The zero-order valence-corrected chi connectivity index (χ0v) is 9.69. The fraction of sp³-hybridized carbons (Fsp3) is 0.500. The van der Waals surface area contributed by atoms with E-state index < -0.39 is 17.4 Å². The minimum Gasteiger partial charge on any atom is -0.481 e. The second-order valence-corrected chi connectivity index (χ2v) is 4.22. The van der Waals surface area contributed by atoms with Crippen LogP contribution < -0.4 is 10.6 Å². The summed E-state index contributed by atoms with van der Waals surface area (Å²) in [4.78, 5) is 22.1. The third-order valence-corrected chi connectivity index (χ3v) is 2.19. The van der Waals surface area contributed by atoms with Crippen molar-refractivity contribution >= 4 is 12.0 Å². The fourth-order valence-electron chi connectivity index (χ4n) is 0.939. The lowest BCUT2D eigenvalue weighted by molar-refractivity contribution is -0.146. The standard InChI is InChI=1S/C10H15N3O4/c1-10(2,8(14)15)6-12-9(16)11-5-7-3-4-17-13-7/h3-4H,5-6H2,1-2H3,(H,14,15)(H2,11,12,16). The van der Waals surface area contributed by atoms with Crippen LogP contribution in [0.3, 0.4) is 0 Å². The lowest BCUT2D eigenvalue weighted by atomic mass is 9.94. The highest BCUT2D eigenvalue weighted by Gasteiger charge is 2.27. The highest BCUT2D eigenvalue weighted by Crippen LogP contribution is 2.12. The van der Waals surface area contributed by atoms with Gasteiger partial charge in [0.1, 0.15) is 12.0 Å². The van der Waals surface area contributed by atoms with Crippen LogP contribution in [-0.2, 0) is 11.3 Å². The first-order valence-corrected chi connectivity index (χ1v) is 5.06. The van der Waals surface area contributed by atoms with Gasteiger partial charge in [0.05, 0.1) is 12.0 Å². The van der Waals surface area contributed by atoms with E-state index in [2.05, 4.69) is 20.3 Å². The van der Waals surface area contributed by atoms with Crippen molar-refractivity contribution in [1.29, 1.82) is 0 Å². The molecule has 0 saturated heterocycles. The van der Waals surface area contributed by atoms with E-state index in [0.717, 1.165) is 0 Å². The Balaban J connectivity index is 2.28. The zero-order chi connectivity index (χ0) is 12.9. The summed E-state index contributed by atoms with van der Waals surface area (Å²) >= 11 is 0. The molecule has 0 aliphatic rings. The topological polar surface area (TPSA) is 104 Å². The monoisotopic (exact) mass is 241 g/mol. The smallest absolute Gasteiger partial charge is 0.315 e. The molecule has 7 nitrogen and oxygen atoms in total. The summed E-state index contributed by atoms with van der Waals surface area (Å²) in [5.41, 5.74) is -0.400. The Morgan fingerprint density at radius 2 is 2.18 bits per heavy atom. The van der Waals surface area contributed by atoms with Gasteiger partial charge in [0.15, 0.2) is 0 Å². The summed E-state index contributed by atoms with van der Waals surface area (Å²) in [6.45, 7) is 3.35. The number of carboxylic acid groups (broad SMARTS) is 1. The zero-order valence-electron chi connectivity index (χ0n) is 9.69. The number of carbonyl (C=O) groups excluding carboxylic acids is 1. The number of hydrogen-bond acceptors (Lipinski definition) is 4. The summed E-state index contributed by atoms with van der Waals surface area (Å²) in [6, 6.07) is 1.18. The van der Waals surface area contributed by atoms with E-state index in [1.165, 1.54) is 20.1 Å². The van der Waals surface area contributed by atoms with Crippen LogP contribution in [-0.4, -0.2) is 28.8 Å². The molecule has 0 atom stereocenters.